The Labute approximate surface area is 110 Å². The molecule has 94 valence electrons. The van der Waals surface area contributed by atoms with Crippen molar-refractivity contribution >= 4 is 29.3 Å². The Morgan fingerprint density at radius 3 is 2.53 bits per heavy atom. The lowest BCUT2D eigenvalue weighted by Crippen LogP contribution is -2.33. The van der Waals surface area contributed by atoms with Gasteiger partial charge < -0.3 is 5.32 Å². The number of carbonyl (C=O) groups excluding carboxylic acids is 1. The second-order valence-electron chi connectivity index (χ2n) is 3.99. The number of hydrogen-bond acceptors (Lipinski definition) is 3. The third kappa shape index (κ3) is 5.37. The molecule has 0 bridgehead atoms. The van der Waals surface area contributed by atoms with Crippen LogP contribution in [0.3, 0.4) is 0 Å². The first-order valence-corrected chi connectivity index (χ1v) is 7.56. The van der Waals surface area contributed by atoms with Crippen LogP contribution in [0.5, 0.6) is 0 Å². The van der Waals surface area contributed by atoms with Crippen LogP contribution in [-0.2, 0) is 10.8 Å². The maximum absolute atomic E-state index is 11.8. The van der Waals surface area contributed by atoms with Crippen molar-refractivity contribution in [2.75, 3.05) is 12.0 Å². The second-order valence-corrected chi connectivity index (χ2v) is 6.06. The highest BCUT2D eigenvalue weighted by Crippen LogP contribution is 2.08. The van der Waals surface area contributed by atoms with E-state index in [1.54, 1.807) is 30.5 Å². The molecule has 2 unspecified atom stereocenters. The zero-order valence-electron chi connectivity index (χ0n) is 9.97. The lowest BCUT2D eigenvalue weighted by molar-refractivity contribution is 0.0939. The van der Waals surface area contributed by atoms with Crippen molar-refractivity contribution in [3.05, 3.63) is 29.8 Å². The Hall–Kier alpha value is -0.810. The standard InChI is InChI=1S/C12H17NO2S2/c1-9(7-8-17(2)15)13-12(14)10-3-5-11(16)6-4-10/h3-6,9,16H,7-8H2,1-2H3,(H,13,14). The van der Waals surface area contributed by atoms with Crippen LogP contribution in [0, 0.1) is 0 Å². The zero-order valence-corrected chi connectivity index (χ0v) is 11.7. The average molecular weight is 271 g/mol. The molecule has 0 aromatic heterocycles. The van der Waals surface area contributed by atoms with E-state index in [0.717, 1.165) is 11.3 Å². The zero-order chi connectivity index (χ0) is 12.8. The topological polar surface area (TPSA) is 46.2 Å². The second kappa shape index (κ2) is 6.81. The number of rotatable bonds is 5. The fraction of sp³-hybridized carbons (Fsp3) is 0.417. The first kappa shape index (κ1) is 14.3. The fourth-order valence-corrected chi connectivity index (χ4v) is 2.17. The van der Waals surface area contributed by atoms with E-state index in [-0.39, 0.29) is 11.9 Å². The van der Waals surface area contributed by atoms with Crippen molar-refractivity contribution in [2.45, 2.75) is 24.3 Å². The Bertz CT molecular complexity index is 403. The Balaban J connectivity index is 2.48. The number of benzene rings is 1. The third-order valence-corrected chi connectivity index (χ3v) is 3.45. The SMILES string of the molecule is CC(CCS(C)=O)NC(=O)c1ccc(S)cc1. The van der Waals surface area contributed by atoms with Gasteiger partial charge in [-0.15, -0.1) is 12.6 Å². The highest BCUT2D eigenvalue weighted by Gasteiger charge is 2.09. The minimum Gasteiger partial charge on any atom is -0.350 e. The van der Waals surface area contributed by atoms with Gasteiger partial charge in [0, 0.05) is 39.3 Å². The van der Waals surface area contributed by atoms with E-state index in [4.69, 9.17) is 0 Å². The summed E-state index contributed by atoms with van der Waals surface area (Å²) < 4.78 is 10.9. The maximum atomic E-state index is 11.8. The summed E-state index contributed by atoms with van der Waals surface area (Å²) in [5.41, 5.74) is 0.618. The number of nitrogens with one attached hydrogen (secondary N) is 1. The van der Waals surface area contributed by atoms with E-state index in [9.17, 15) is 9.00 Å². The van der Waals surface area contributed by atoms with Gasteiger partial charge in [0.25, 0.3) is 5.91 Å². The molecule has 0 heterocycles. The van der Waals surface area contributed by atoms with Gasteiger partial charge in [-0.05, 0) is 37.6 Å². The number of amides is 1. The first-order chi connectivity index (χ1) is 7.99. The summed E-state index contributed by atoms with van der Waals surface area (Å²) in [6, 6.07) is 7.07. The molecule has 1 aromatic rings. The predicted octanol–water partition coefficient (Wildman–Crippen LogP) is 1.86. The molecule has 3 nitrogen and oxygen atoms in total. The molecule has 0 fully saturated rings. The van der Waals surface area contributed by atoms with Gasteiger partial charge in [0.15, 0.2) is 0 Å². The van der Waals surface area contributed by atoms with E-state index < -0.39 is 10.8 Å². The minimum absolute atomic E-state index is 0.0297. The molecule has 0 spiro atoms. The summed E-state index contributed by atoms with van der Waals surface area (Å²) in [5.74, 6) is 0.504. The molecular weight excluding hydrogens is 254 g/mol. The van der Waals surface area contributed by atoms with Crippen molar-refractivity contribution in [3.8, 4) is 0 Å². The molecule has 0 aliphatic heterocycles. The molecule has 1 amide bonds. The molecule has 0 aliphatic rings. The Morgan fingerprint density at radius 2 is 2.00 bits per heavy atom. The monoisotopic (exact) mass is 271 g/mol. The van der Waals surface area contributed by atoms with Gasteiger partial charge in [-0.3, -0.25) is 9.00 Å². The predicted molar refractivity (Wildman–Crippen MR) is 74.2 cm³/mol. The molecular formula is C12H17NO2S2. The molecule has 1 rings (SSSR count). The van der Waals surface area contributed by atoms with Crippen LogP contribution >= 0.6 is 12.6 Å². The number of carbonyl (C=O) groups is 1. The highest BCUT2D eigenvalue weighted by atomic mass is 32.2. The van der Waals surface area contributed by atoms with Gasteiger partial charge in [-0.2, -0.15) is 0 Å². The molecule has 0 saturated heterocycles. The molecule has 0 saturated carbocycles. The van der Waals surface area contributed by atoms with E-state index in [0.29, 0.717) is 11.3 Å². The summed E-state index contributed by atoms with van der Waals surface area (Å²) >= 11 is 4.16. The number of hydrogen-bond donors (Lipinski definition) is 2. The fourth-order valence-electron chi connectivity index (χ4n) is 1.33. The van der Waals surface area contributed by atoms with Crippen molar-refractivity contribution in [2.24, 2.45) is 0 Å². The minimum atomic E-state index is -0.810. The smallest absolute Gasteiger partial charge is 0.251 e. The summed E-state index contributed by atoms with van der Waals surface area (Å²) in [6.07, 6.45) is 2.39. The normalized spacial score (nSPS) is 14.1. The van der Waals surface area contributed by atoms with Crippen molar-refractivity contribution < 1.29 is 9.00 Å². The van der Waals surface area contributed by atoms with Gasteiger partial charge in [0.2, 0.25) is 0 Å². The molecule has 0 aliphatic carbocycles. The van der Waals surface area contributed by atoms with E-state index >= 15 is 0 Å². The quantitative estimate of drug-likeness (QED) is 0.803. The van der Waals surface area contributed by atoms with Gasteiger partial charge in [-0.1, -0.05) is 0 Å². The molecule has 17 heavy (non-hydrogen) atoms. The molecule has 1 aromatic carbocycles. The van der Waals surface area contributed by atoms with Crippen LogP contribution in [0.2, 0.25) is 0 Å². The summed E-state index contributed by atoms with van der Waals surface area (Å²) in [4.78, 5) is 12.6. The van der Waals surface area contributed by atoms with Gasteiger partial charge in [-0.25, -0.2) is 0 Å². The van der Waals surface area contributed by atoms with E-state index in [1.807, 2.05) is 6.92 Å². The number of thiol groups is 1. The summed E-state index contributed by atoms with van der Waals surface area (Å²) in [6.45, 7) is 1.91. The van der Waals surface area contributed by atoms with E-state index in [1.165, 1.54) is 0 Å². The van der Waals surface area contributed by atoms with Gasteiger partial charge in [0.1, 0.15) is 0 Å². The van der Waals surface area contributed by atoms with Crippen molar-refractivity contribution in [3.63, 3.8) is 0 Å². The van der Waals surface area contributed by atoms with Gasteiger partial charge >= 0.3 is 0 Å². The van der Waals surface area contributed by atoms with Crippen LogP contribution < -0.4 is 5.32 Å². The van der Waals surface area contributed by atoms with E-state index in [2.05, 4.69) is 17.9 Å². The highest BCUT2D eigenvalue weighted by molar-refractivity contribution is 7.84. The molecule has 0 radical (unpaired) electrons. The molecule has 5 heteroatoms. The van der Waals surface area contributed by atoms with Crippen molar-refractivity contribution in [1.82, 2.24) is 5.32 Å². The average Bonchev–Trinajstić information content (AvgIpc) is 2.27. The summed E-state index contributed by atoms with van der Waals surface area (Å²) in [7, 11) is -0.810. The van der Waals surface area contributed by atoms with Gasteiger partial charge in [0.05, 0.1) is 0 Å². The molecule has 1 N–H and O–H groups in total. The molecule has 2 atom stereocenters. The third-order valence-electron chi connectivity index (χ3n) is 2.35. The van der Waals surface area contributed by atoms with Crippen LogP contribution in [0.25, 0.3) is 0 Å². The largest absolute Gasteiger partial charge is 0.350 e. The lowest BCUT2D eigenvalue weighted by atomic mass is 10.2. The lowest BCUT2D eigenvalue weighted by Gasteiger charge is -2.13. The summed E-state index contributed by atoms with van der Waals surface area (Å²) in [5, 5.41) is 2.87. The van der Waals surface area contributed by atoms with Crippen LogP contribution in [0.4, 0.5) is 0 Å². The maximum Gasteiger partial charge on any atom is 0.251 e. The van der Waals surface area contributed by atoms with Crippen LogP contribution in [0.15, 0.2) is 29.2 Å². The Morgan fingerprint density at radius 1 is 1.41 bits per heavy atom. The van der Waals surface area contributed by atoms with Crippen molar-refractivity contribution in [1.29, 1.82) is 0 Å². The van der Waals surface area contributed by atoms with Crippen LogP contribution in [0.1, 0.15) is 23.7 Å². The van der Waals surface area contributed by atoms with Crippen LogP contribution in [-0.4, -0.2) is 28.2 Å². The Kier molecular flexibility index (Phi) is 5.71. The first-order valence-electron chi connectivity index (χ1n) is 5.39.